The number of nitro groups is 1. The van der Waals surface area contributed by atoms with Crippen molar-refractivity contribution in [3.63, 3.8) is 0 Å². The first-order valence-corrected chi connectivity index (χ1v) is 6.12. The first-order chi connectivity index (χ1) is 10.1. The molecule has 21 heavy (non-hydrogen) atoms. The van der Waals surface area contributed by atoms with E-state index in [4.69, 9.17) is 15.1 Å². The van der Waals surface area contributed by atoms with E-state index in [2.05, 4.69) is 0 Å². The maximum Gasteiger partial charge on any atom is 0.314 e. The van der Waals surface area contributed by atoms with Crippen LogP contribution in [0.5, 0.6) is 11.5 Å². The molecule has 0 bridgehead atoms. The Morgan fingerprint density at radius 1 is 1.33 bits per heavy atom. The van der Waals surface area contributed by atoms with E-state index in [9.17, 15) is 10.1 Å². The molecule has 1 N–H and O–H groups in total. The zero-order valence-corrected chi connectivity index (χ0v) is 11.2. The number of aliphatic hydroxyl groups is 1. The highest BCUT2D eigenvalue weighted by atomic mass is 16.6. The summed E-state index contributed by atoms with van der Waals surface area (Å²) in [4.78, 5) is 10.6. The first-order valence-electron chi connectivity index (χ1n) is 6.12. The number of nitrogens with zero attached hydrogens (tertiary/aromatic N) is 2. The standard InChI is InChI=1S/C15H12N2O4/c1-10-3-2-4-14(15(10)17(19)20)21-13-6-5-11(9-18)7-12(13)8-16/h2-7,18H,9H2,1H3. The normalized spacial score (nSPS) is 9.95. The Hall–Kier alpha value is -2.91. The van der Waals surface area contributed by atoms with Gasteiger partial charge in [-0.3, -0.25) is 10.1 Å². The van der Waals surface area contributed by atoms with E-state index >= 15 is 0 Å². The van der Waals surface area contributed by atoms with Crippen LogP contribution in [-0.4, -0.2) is 10.0 Å². The lowest BCUT2D eigenvalue weighted by molar-refractivity contribution is -0.386. The second-order valence-corrected chi connectivity index (χ2v) is 4.38. The van der Waals surface area contributed by atoms with Gasteiger partial charge in [-0.25, -0.2) is 0 Å². The summed E-state index contributed by atoms with van der Waals surface area (Å²) in [7, 11) is 0. The van der Waals surface area contributed by atoms with Crippen molar-refractivity contribution in [3.05, 3.63) is 63.2 Å². The van der Waals surface area contributed by atoms with Gasteiger partial charge in [0.25, 0.3) is 0 Å². The molecule has 0 radical (unpaired) electrons. The fraction of sp³-hybridized carbons (Fsp3) is 0.133. The van der Waals surface area contributed by atoms with Crippen molar-refractivity contribution in [2.45, 2.75) is 13.5 Å². The van der Waals surface area contributed by atoms with Crippen molar-refractivity contribution in [2.24, 2.45) is 0 Å². The summed E-state index contributed by atoms with van der Waals surface area (Å²) in [6.07, 6.45) is 0. The van der Waals surface area contributed by atoms with Crippen molar-refractivity contribution in [2.75, 3.05) is 0 Å². The van der Waals surface area contributed by atoms with Gasteiger partial charge in [0.1, 0.15) is 11.8 Å². The Kier molecular flexibility index (Phi) is 4.16. The molecule has 6 heteroatoms. The van der Waals surface area contributed by atoms with E-state index in [0.29, 0.717) is 11.1 Å². The zero-order valence-electron chi connectivity index (χ0n) is 11.2. The molecule has 0 atom stereocenters. The highest BCUT2D eigenvalue weighted by Crippen LogP contribution is 2.35. The van der Waals surface area contributed by atoms with E-state index in [1.165, 1.54) is 18.2 Å². The van der Waals surface area contributed by atoms with E-state index < -0.39 is 4.92 Å². The van der Waals surface area contributed by atoms with E-state index in [0.717, 1.165) is 0 Å². The van der Waals surface area contributed by atoms with Gasteiger partial charge in [0.05, 0.1) is 17.1 Å². The molecule has 0 aliphatic heterocycles. The van der Waals surface area contributed by atoms with Crippen LogP contribution in [0.1, 0.15) is 16.7 Å². The second-order valence-electron chi connectivity index (χ2n) is 4.38. The van der Waals surface area contributed by atoms with Crippen molar-refractivity contribution in [3.8, 4) is 17.6 Å². The largest absolute Gasteiger partial charge is 0.449 e. The van der Waals surface area contributed by atoms with Gasteiger partial charge in [0, 0.05) is 5.56 Å². The number of para-hydroxylation sites is 1. The summed E-state index contributed by atoms with van der Waals surface area (Å²) in [6.45, 7) is 1.42. The molecule has 0 aliphatic rings. The third-order valence-corrected chi connectivity index (χ3v) is 2.95. The number of nitro benzene ring substituents is 1. The van der Waals surface area contributed by atoms with Gasteiger partial charge in [-0.05, 0) is 30.7 Å². The molecule has 0 aromatic heterocycles. The van der Waals surface area contributed by atoms with Crippen LogP contribution in [0.3, 0.4) is 0 Å². The molecule has 0 unspecified atom stereocenters. The molecule has 0 aliphatic carbocycles. The second kappa shape index (κ2) is 6.03. The Morgan fingerprint density at radius 2 is 2.10 bits per heavy atom. The van der Waals surface area contributed by atoms with Gasteiger partial charge < -0.3 is 9.84 Å². The third kappa shape index (κ3) is 2.99. The number of hydrogen-bond acceptors (Lipinski definition) is 5. The highest BCUT2D eigenvalue weighted by Gasteiger charge is 2.19. The molecule has 0 heterocycles. The maximum absolute atomic E-state index is 11.1. The molecule has 2 aromatic carbocycles. The number of benzene rings is 2. The molecule has 6 nitrogen and oxygen atoms in total. The van der Waals surface area contributed by atoms with Gasteiger partial charge in [-0.15, -0.1) is 0 Å². The predicted octanol–water partition coefficient (Wildman–Crippen LogP) is 3.06. The smallest absolute Gasteiger partial charge is 0.314 e. The van der Waals surface area contributed by atoms with Gasteiger partial charge >= 0.3 is 5.69 Å². The summed E-state index contributed by atoms with van der Waals surface area (Å²) in [5.74, 6) is 0.289. The van der Waals surface area contributed by atoms with Crippen LogP contribution >= 0.6 is 0 Å². The van der Waals surface area contributed by atoms with E-state index in [1.54, 1.807) is 25.1 Å². The number of hydrogen-bond donors (Lipinski definition) is 1. The molecule has 2 rings (SSSR count). The minimum atomic E-state index is -0.515. The molecule has 0 amide bonds. The molecule has 0 saturated carbocycles. The van der Waals surface area contributed by atoms with Gasteiger partial charge in [0.15, 0.2) is 0 Å². The summed E-state index contributed by atoms with van der Waals surface area (Å²) in [5, 5.41) is 29.3. The van der Waals surface area contributed by atoms with Crippen molar-refractivity contribution in [1.29, 1.82) is 5.26 Å². The minimum Gasteiger partial charge on any atom is -0.449 e. The lowest BCUT2D eigenvalue weighted by Crippen LogP contribution is -1.97. The topological polar surface area (TPSA) is 96.4 Å². The molecule has 0 spiro atoms. The first kappa shape index (κ1) is 14.5. The van der Waals surface area contributed by atoms with Gasteiger partial charge in [-0.2, -0.15) is 5.26 Å². The summed E-state index contributed by atoms with van der Waals surface area (Å²) in [6, 6.07) is 11.3. The third-order valence-electron chi connectivity index (χ3n) is 2.95. The highest BCUT2D eigenvalue weighted by molar-refractivity contribution is 5.55. The molecular formula is C15H12N2O4. The van der Waals surface area contributed by atoms with Crippen LogP contribution in [0, 0.1) is 28.4 Å². The average molecular weight is 284 g/mol. The maximum atomic E-state index is 11.1. The van der Waals surface area contributed by atoms with E-state index in [-0.39, 0.29) is 29.4 Å². The van der Waals surface area contributed by atoms with Crippen LogP contribution < -0.4 is 4.74 Å². The van der Waals surface area contributed by atoms with Crippen molar-refractivity contribution < 1.29 is 14.8 Å². The minimum absolute atomic E-state index is 0.0771. The van der Waals surface area contributed by atoms with Crippen LogP contribution in [0.2, 0.25) is 0 Å². The quantitative estimate of drug-likeness (QED) is 0.687. The van der Waals surface area contributed by atoms with Crippen LogP contribution in [0.25, 0.3) is 0 Å². The fourth-order valence-corrected chi connectivity index (χ4v) is 1.92. The molecule has 106 valence electrons. The van der Waals surface area contributed by atoms with Crippen molar-refractivity contribution in [1.82, 2.24) is 0 Å². The number of aliphatic hydroxyl groups excluding tert-OH is 1. The SMILES string of the molecule is Cc1cccc(Oc2ccc(CO)cc2C#N)c1[N+](=O)[O-]. The molecule has 0 fully saturated rings. The van der Waals surface area contributed by atoms with Gasteiger partial charge in [0.2, 0.25) is 5.75 Å². The Morgan fingerprint density at radius 3 is 2.71 bits per heavy atom. The van der Waals surface area contributed by atoms with E-state index in [1.807, 2.05) is 6.07 Å². The Bertz CT molecular complexity index is 735. The fourth-order valence-electron chi connectivity index (χ4n) is 1.92. The number of aryl methyl sites for hydroxylation is 1. The van der Waals surface area contributed by atoms with Crippen molar-refractivity contribution >= 4 is 5.69 Å². The van der Waals surface area contributed by atoms with Crippen LogP contribution in [-0.2, 0) is 6.61 Å². The Balaban J connectivity index is 2.46. The van der Waals surface area contributed by atoms with Gasteiger partial charge in [-0.1, -0.05) is 18.2 Å². The summed E-state index contributed by atoms with van der Waals surface area (Å²) < 4.78 is 5.53. The monoisotopic (exact) mass is 284 g/mol. The number of ether oxygens (including phenoxy) is 1. The lowest BCUT2D eigenvalue weighted by atomic mass is 10.1. The number of nitriles is 1. The van der Waals surface area contributed by atoms with Crippen LogP contribution in [0.4, 0.5) is 5.69 Å². The summed E-state index contributed by atoms with van der Waals surface area (Å²) >= 11 is 0. The molecular weight excluding hydrogens is 272 g/mol. The summed E-state index contributed by atoms with van der Waals surface area (Å²) in [5.41, 5.74) is 1.12. The number of rotatable bonds is 4. The zero-order chi connectivity index (χ0) is 15.4. The average Bonchev–Trinajstić information content (AvgIpc) is 2.47. The molecule has 0 saturated heterocycles. The predicted molar refractivity (Wildman–Crippen MR) is 75.0 cm³/mol. The lowest BCUT2D eigenvalue weighted by Gasteiger charge is -2.09. The molecule has 2 aromatic rings. The van der Waals surface area contributed by atoms with Crippen LogP contribution in [0.15, 0.2) is 36.4 Å². The Labute approximate surface area is 121 Å².